The van der Waals surface area contributed by atoms with Crippen LogP contribution in [0.4, 0.5) is 11.8 Å². The molecule has 0 fully saturated rings. The average Bonchev–Trinajstić information content (AvgIpc) is 3.19. The van der Waals surface area contributed by atoms with Gasteiger partial charge >= 0.3 is 0 Å². The zero-order valence-electron chi connectivity index (χ0n) is 16.8. The number of benzene rings is 1. The third-order valence-electron chi connectivity index (χ3n) is 4.85. The fourth-order valence-electron chi connectivity index (χ4n) is 3.31. The first-order valence-corrected chi connectivity index (χ1v) is 10.5. The summed E-state index contributed by atoms with van der Waals surface area (Å²) in [6.45, 7) is 2.14. The molecule has 0 spiro atoms. The molecule has 4 rings (SSSR count). The molecule has 0 saturated carbocycles. The van der Waals surface area contributed by atoms with Crippen molar-refractivity contribution in [3.8, 4) is 11.3 Å². The van der Waals surface area contributed by atoms with Crippen molar-refractivity contribution in [1.82, 2.24) is 19.4 Å². The zero-order chi connectivity index (χ0) is 22.0. The first-order chi connectivity index (χ1) is 14.9. The van der Waals surface area contributed by atoms with Crippen molar-refractivity contribution >= 4 is 46.4 Å². The monoisotopic (exact) mass is 454 g/mol. The third kappa shape index (κ3) is 4.62. The van der Waals surface area contributed by atoms with Gasteiger partial charge in [-0.15, -0.1) is 0 Å². The van der Waals surface area contributed by atoms with E-state index in [-0.39, 0.29) is 11.6 Å². The molecule has 0 saturated heterocycles. The maximum absolute atomic E-state index is 11.5. The molecule has 4 aromatic rings. The number of halogens is 2. The lowest BCUT2D eigenvalue weighted by Crippen LogP contribution is -2.10. The molecule has 0 aliphatic carbocycles. The topological polar surface area (TPSA) is 98.2 Å². The van der Waals surface area contributed by atoms with E-state index in [4.69, 9.17) is 33.9 Å². The van der Waals surface area contributed by atoms with Crippen molar-refractivity contribution in [3.05, 3.63) is 70.1 Å². The molecule has 0 bridgehead atoms. The first-order valence-electron chi connectivity index (χ1n) is 9.72. The van der Waals surface area contributed by atoms with Crippen molar-refractivity contribution in [1.29, 1.82) is 0 Å². The number of hydrogen-bond donors (Lipinski definition) is 2. The molecular weight excluding hydrogens is 435 g/mol. The van der Waals surface area contributed by atoms with E-state index in [0.717, 1.165) is 23.3 Å². The fourth-order valence-corrected chi connectivity index (χ4v) is 3.81. The number of anilines is 2. The highest BCUT2D eigenvalue weighted by Crippen LogP contribution is 2.30. The summed E-state index contributed by atoms with van der Waals surface area (Å²) in [6, 6.07) is 10.8. The van der Waals surface area contributed by atoms with Crippen LogP contribution in [-0.4, -0.2) is 31.7 Å². The quantitative estimate of drug-likeness (QED) is 0.303. The van der Waals surface area contributed by atoms with Crippen molar-refractivity contribution in [2.24, 2.45) is 0 Å². The second-order valence-electron chi connectivity index (χ2n) is 7.07. The highest BCUT2D eigenvalue weighted by Gasteiger charge is 2.12. The van der Waals surface area contributed by atoms with Crippen LogP contribution in [0, 0.1) is 0 Å². The minimum absolute atomic E-state index is 0.0886. The smallest absolute Gasteiger partial charge is 0.209 e. The van der Waals surface area contributed by atoms with Gasteiger partial charge in [-0.25, -0.2) is 15.0 Å². The van der Waals surface area contributed by atoms with E-state index in [1.165, 1.54) is 6.92 Å². The summed E-state index contributed by atoms with van der Waals surface area (Å²) in [5.74, 6) is 0.844. The molecule has 0 atom stereocenters. The number of nitrogens with two attached hydrogens (primary N) is 1. The summed E-state index contributed by atoms with van der Waals surface area (Å²) < 4.78 is 1.88. The van der Waals surface area contributed by atoms with Gasteiger partial charge in [-0.3, -0.25) is 9.20 Å². The maximum atomic E-state index is 11.5. The molecule has 3 aromatic heterocycles. The van der Waals surface area contributed by atoms with Crippen LogP contribution in [0.1, 0.15) is 29.4 Å². The highest BCUT2D eigenvalue weighted by molar-refractivity contribution is 6.36. The number of carbonyl (C=O) groups excluding carboxylic acids is 1. The van der Waals surface area contributed by atoms with Crippen molar-refractivity contribution in [2.75, 3.05) is 17.6 Å². The van der Waals surface area contributed by atoms with Gasteiger partial charge in [0.05, 0.1) is 16.3 Å². The number of aromatic nitrogens is 4. The molecule has 158 valence electrons. The molecule has 0 aliphatic rings. The van der Waals surface area contributed by atoms with Crippen LogP contribution in [0.3, 0.4) is 0 Å². The van der Waals surface area contributed by atoms with E-state index < -0.39 is 0 Å². The standard InChI is InChI=1S/C22H20Cl2N6O/c1-13(31)16-7-5-15(28-21(16)25)3-2-8-27-22-29-19(12-20-26-9-10-30(20)22)17-6-4-14(23)11-18(17)24/h4-7,9-12H,2-3,8H2,1H3,(H2,25,28)(H,27,29). The number of pyridine rings is 1. The predicted molar refractivity (Wildman–Crippen MR) is 124 cm³/mol. The summed E-state index contributed by atoms with van der Waals surface area (Å²) in [5.41, 5.74) is 9.41. The van der Waals surface area contributed by atoms with Gasteiger partial charge in [0, 0.05) is 41.3 Å². The normalized spacial score (nSPS) is 11.1. The van der Waals surface area contributed by atoms with Crippen LogP contribution in [0.5, 0.6) is 0 Å². The Morgan fingerprint density at radius 2 is 2.00 bits per heavy atom. The van der Waals surface area contributed by atoms with Crippen LogP contribution in [0.2, 0.25) is 10.0 Å². The lowest BCUT2D eigenvalue weighted by atomic mass is 10.1. The second kappa shape index (κ2) is 8.91. The number of ketones is 1. The van der Waals surface area contributed by atoms with Gasteiger partial charge in [-0.2, -0.15) is 0 Å². The lowest BCUT2D eigenvalue weighted by Gasteiger charge is -2.11. The molecule has 9 heteroatoms. The number of carbonyl (C=O) groups is 1. The molecule has 3 heterocycles. The van der Waals surface area contributed by atoms with E-state index >= 15 is 0 Å². The Bertz CT molecular complexity index is 1270. The Morgan fingerprint density at radius 1 is 1.16 bits per heavy atom. The second-order valence-corrected chi connectivity index (χ2v) is 7.91. The first kappa shape index (κ1) is 21.1. The SMILES string of the molecule is CC(=O)c1ccc(CCCNc2nc(-c3ccc(Cl)cc3Cl)cc3nccn23)nc1N. The summed E-state index contributed by atoms with van der Waals surface area (Å²) in [7, 11) is 0. The Hall–Kier alpha value is -3.16. The minimum Gasteiger partial charge on any atom is -0.383 e. The molecule has 31 heavy (non-hydrogen) atoms. The van der Waals surface area contributed by atoms with Crippen molar-refractivity contribution in [2.45, 2.75) is 19.8 Å². The molecule has 3 N–H and O–H groups in total. The Balaban J connectivity index is 1.49. The van der Waals surface area contributed by atoms with Gasteiger partial charge in [0.2, 0.25) is 5.95 Å². The van der Waals surface area contributed by atoms with E-state index in [2.05, 4.69) is 15.3 Å². The van der Waals surface area contributed by atoms with Gasteiger partial charge in [0.25, 0.3) is 0 Å². The Kier molecular flexibility index (Phi) is 6.06. The minimum atomic E-state index is -0.0886. The van der Waals surface area contributed by atoms with Crippen LogP contribution in [0.25, 0.3) is 16.9 Å². The maximum Gasteiger partial charge on any atom is 0.209 e. The van der Waals surface area contributed by atoms with Crippen molar-refractivity contribution in [3.63, 3.8) is 0 Å². The molecule has 0 unspecified atom stereocenters. The van der Waals surface area contributed by atoms with E-state index in [0.29, 0.717) is 40.2 Å². The number of nitrogens with one attached hydrogen (secondary N) is 1. The van der Waals surface area contributed by atoms with Crippen LogP contribution in [0.15, 0.2) is 48.8 Å². The average molecular weight is 455 g/mol. The summed E-state index contributed by atoms with van der Waals surface area (Å²) >= 11 is 12.4. The molecule has 7 nitrogen and oxygen atoms in total. The molecule has 1 aromatic carbocycles. The predicted octanol–water partition coefficient (Wildman–Crippen LogP) is 4.93. The van der Waals surface area contributed by atoms with Crippen LogP contribution >= 0.6 is 23.2 Å². The molecule has 0 aliphatic heterocycles. The van der Waals surface area contributed by atoms with Gasteiger partial charge in [0.15, 0.2) is 5.78 Å². The number of Topliss-reactive ketones (excluding diaryl/α,β-unsaturated/α-hetero) is 1. The van der Waals surface area contributed by atoms with E-state index in [1.807, 2.05) is 28.8 Å². The summed E-state index contributed by atoms with van der Waals surface area (Å²) in [6.07, 6.45) is 5.08. The number of imidazole rings is 1. The van der Waals surface area contributed by atoms with E-state index in [1.54, 1.807) is 24.4 Å². The van der Waals surface area contributed by atoms with Gasteiger partial charge in [-0.1, -0.05) is 23.2 Å². The molecule has 0 radical (unpaired) electrons. The van der Waals surface area contributed by atoms with Gasteiger partial charge in [-0.05, 0) is 50.1 Å². The fraction of sp³-hybridized carbons (Fsp3) is 0.182. The number of nitrogens with zero attached hydrogens (tertiary/aromatic N) is 4. The third-order valence-corrected chi connectivity index (χ3v) is 5.40. The van der Waals surface area contributed by atoms with Gasteiger partial charge < -0.3 is 11.1 Å². The van der Waals surface area contributed by atoms with Crippen LogP contribution in [-0.2, 0) is 6.42 Å². The lowest BCUT2D eigenvalue weighted by molar-refractivity contribution is 0.101. The number of aryl methyl sites for hydroxylation is 1. The number of fused-ring (bicyclic) bond motifs is 1. The highest BCUT2D eigenvalue weighted by atomic mass is 35.5. The Morgan fingerprint density at radius 3 is 2.74 bits per heavy atom. The summed E-state index contributed by atoms with van der Waals surface area (Å²) in [4.78, 5) is 24.9. The zero-order valence-corrected chi connectivity index (χ0v) is 18.3. The number of rotatable bonds is 7. The summed E-state index contributed by atoms with van der Waals surface area (Å²) in [5, 5.41) is 4.46. The number of nitrogen functional groups attached to an aromatic ring is 1. The van der Waals surface area contributed by atoms with E-state index in [9.17, 15) is 4.79 Å². The Labute approximate surface area is 189 Å². The van der Waals surface area contributed by atoms with Crippen LogP contribution < -0.4 is 11.1 Å². The molecular formula is C22H20Cl2N6O. The largest absolute Gasteiger partial charge is 0.383 e. The van der Waals surface area contributed by atoms with Crippen molar-refractivity contribution < 1.29 is 4.79 Å². The molecule has 0 amide bonds. The van der Waals surface area contributed by atoms with Gasteiger partial charge in [0.1, 0.15) is 11.5 Å². The number of hydrogen-bond acceptors (Lipinski definition) is 6.